The Labute approximate surface area is 140 Å². The number of ether oxygens (including phenoxy) is 2. The molecule has 0 saturated heterocycles. The topological polar surface area (TPSA) is 65.7 Å². The highest BCUT2D eigenvalue weighted by Crippen LogP contribution is 2.42. The van der Waals surface area contributed by atoms with Crippen LogP contribution in [0.25, 0.3) is 11.0 Å². The van der Waals surface area contributed by atoms with E-state index in [1.165, 1.54) is 6.07 Å². The van der Waals surface area contributed by atoms with E-state index >= 15 is 0 Å². The molecular weight excluding hydrogens is 308 g/mol. The Morgan fingerprint density at radius 1 is 1.17 bits per heavy atom. The molecule has 2 atom stereocenters. The zero-order valence-electron chi connectivity index (χ0n) is 14.5. The summed E-state index contributed by atoms with van der Waals surface area (Å²) in [5.74, 6) is 0.665. The van der Waals surface area contributed by atoms with Crippen LogP contribution in [0.3, 0.4) is 0 Å². The third kappa shape index (κ3) is 2.58. The summed E-state index contributed by atoms with van der Waals surface area (Å²) < 4.78 is 17.1. The van der Waals surface area contributed by atoms with Gasteiger partial charge < -0.3 is 13.9 Å². The van der Waals surface area contributed by atoms with Crippen LogP contribution in [0.1, 0.15) is 50.0 Å². The monoisotopic (exact) mass is 330 g/mol. The molecule has 0 N–H and O–H groups in total. The van der Waals surface area contributed by atoms with Gasteiger partial charge in [0.25, 0.3) is 0 Å². The first-order valence-electron chi connectivity index (χ1n) is 8.45. The van der Waals surface area contributed by atoms with Crippen molar-refractivity contribution in [1.29, 1.82) is 0 Å². The molecule has 128 valence electrons. The molecule has 1 aliphatic rings. The summed E-state index contributed by atoms with van der Waals surface area (Å²) >= 11 is 0. The van der Waals surface area contributed by atoms with Crippen LogP contribution < -0.4 is 15.1 Å². The van der Waals surface area contributed by atoms with Crippen molar-refractivity contribution in [1.82, 2.24) is 0 Å². The molecule has 0 radical (unpaired) electrons. The van der Waals surface area contributed by atoms with Crippen LogP contribution in [0, 0.1) is 5.92 Å². The lowest BCUT2D eigenvalue weighted by Crippen LogP contribution is -2.33. The Morgan fingerprint density at radius 2 is 1.92 bits per heavy atom. The molecule has 5 heteroatoms. The fraction of sp³-hybridized carbons (Fsp3) is 0.474. The van der Waals surface area contributed by atoms with Crippen molar-refractivity contribution in [2.24, 2.45) is 5.92 Å². The summed E-state index contributed by atoms with van der Waals surface area (Å²) in [5.41, 5.74) is 1.03. The molecule has 0 fully saturated rings. The van der Waals surface area contributed by atoms with Gasteiger partial charge in [-0.2, -0.15) is 0 Å². The van der Waals surface area contributed by atoms with E-state index in [2.05, 4.69) is 0 Å². The van der Waals surface area contributed by atoms with Gasteiger partial charge in [0.1, 0.15) is 23.2 Å². The van der Waals surface area contributed by atoms with E-state index in [-0.39, 0.29) is 23.4 Å². The SMILES string of the molecule is CCCc1cc(=O)oc2c3c(cc(OCC)c12)O[C@H](C)[C@@H](C)C3=O. The van der Waals surface area contributed by atoms with Crippen LogP contribution in [0.2, 0.25) is 0 Å². The average Bonchev–Trinajstić information content (AvgIpc) is 2.52. The van der Waals surface area contributed by atoms with Crippen LogP contribution in [0.4, 0.5) is 0 Å². The number of benzene rings is 1. The van der Waals surface area contributed by atoms with E-state index in [0.29, 0.717) is 35.5 Å². The molecule has 5 nitrogen and oxygen atoms in total. The maximum absolute atomic E-state index is 12.8. The Morgan fingerprint density at radius 3 is 2.58 bits per heavy atom. The lowest BCUT2D eigenvalue weighted by atomic mass is 9.89. The summed E-state index contributed by atoms with van der Waals surface area (Å²) in [5, 5.41) is 0.704. The second-order valence-electron chi connectivity index (χ2n) is 6.20. The standard InChI is InChI=1S/C19H22O5/c1-5-7-12-8-15(20)24-19-16(12)13(22-6-2)9-14-17(19)18(21)10(3)11(4)23-14/h8-11H,5-7H2,1-4H3/t10-,11-/m1/s1. The van der Waals surface area contributed by atoms with Crippen LogP contribution in [-0.4, -0.2) is 18.5 Å². The average molecular weight is 330 g/mol. The minimum atomic E-state index is -0.458. The number of aryl methyl sites for hydroxylation is 1. The Kier molecular flexibility index (Phi) is 4.35. The van der Waals surface area contributed by atoms with Crippen molar-refractivity contribution in [3.05, 3.63) is 33.7 Å². The first kappa shape index (κ1) is 16.6. The molecular formula is C19H22O5. The molecule has 3 rings (SSSR count). The zero-order chi connectivity index (χ0) is 17.4. The van der Waals surface area contributed by atoms with Crippen molar-refractivity contribution in [2.75, 3.05) is 6.61 Å². The highest BCUT2D eigenvalue weighted by Gasteiger charge is 2.35. The van der Waals surface area contributed by atoms with Gasteiger partial charge in [-0.3, -0.25) is 4.79 Å². The maximum Gasteiger partial charge on any atom is 0.336 e. The van der Waals surface area contributed by atoms with E-state index in [9.17, 15) is 9.59 Å². The predicted octanol–water partition coefficient (Wildman–Crippen LogP) is 3.74. The molecule has 0 amide bonds. The van der Waals surface area contributed by atoms with Gasteiger partial charge in [-0.1, -0.05) is 20.3 Å². The molecule has 0 saturated carbocycles. The molecule has 0 bridgehead atoms. The number of carbonyl (C=O) groups is 1. The van der Waals surface area contributed by atoms with Crippen LogP contribution in [0.5, 0.6) is 11.5 Å². The van der Waals surface area contributed by atoms with Gasteiger partial charge in [-0.05, 0) is 25.8 Å². The number of Topliss-reactive ketones (excluding diaryl/α,β-unsaturated/α-hetero) is 1. The molecule has 1 aromatic carbocycles. The minimum absolute atomic E-state index is 0.0615. The third-order valence-corrected chi connectivity index (χ3v) is 4.52. The Balaban J connectivity index is 2.40. The lowest BCUT2D eigenvalue weighted by molar-refractivity contribution is 0.0731. The van der Waals surface area contributed by atoms with Crippen molar-refractivity contribution >= 4 is 16.8 Å². The predicted molar refractivity (Wildman–Crippen MR) is 91.2 cm³/mol. The second kappa shape index (κ2) is 6.30. The van der Waals surface area contributed by atoms with E-state index in [0.717, 1.165) is 12.0 Å². The van der Waals surface area contributed by atoms with Crippen molar-refractivity contribution in [2.45, 2.75) is 46.6 Å². The van der Waals surface area contributed by atoms with E-state index in [4.69, 9.17) is 13.9 Å². The van der Waals surface area contributed by atoms with Gasteiger partial charge in [0.2, 0.25) is 0 Å². The first-order valence-corrected chi connectivity index (χ1v) is 8.45. The van der Waals surface area contributed by atoms with Crippen LogP contribution in [0.15, 0.2) is 21.3 Å². The molecule has 1 aromatic heterocycles. The molecule has 0 spiro atoms. The van der Waals surface area contributed by atoms with E-state index in [1.54, 1.807) is 6.07 Å². The summed E-state index contributed by atoms with van der Waals surface area (Å²) in [6.45, 7) is 8.09. The second-order valence-corrected chi connectivity index (χ2v) is 6.20. The first-order chi connectivity index (χ1) is 11.5. The third-order valence-electron chi connectivity index (χ3n) is 4.52. The largest absolute Gasteiger partial charge is 0.493 e. The normalized spacial score (nSPS) is 19.9. The van der Waals surface area contributed by atoms with Crippen molar-refractivity contribution in [3.63, 3.8) is 0 Å². The van der Waals surface area contributed by atoms with Crippen LogP contribution >= 0.6 is 0 Å². The highest BCUT2D eigenvalue weighted by atomic mass is 16.5. The fourth-order valence-electron chi connectivity index (χ4n) is 3.17. The number of fused-ring (bicyclic) bond motifs is 3. The number of hydrogen-bond acceptors (Lipinski definition) is 5. The number of carbonyl (C=O) groups excluding carboxylic acids is 1. The number of rotatable bonds is 4. The summed E-state index contributed by atoms with van der Waals surface area (Å²) in [7, 11) is 0. The minimum Gasteiger partial charge on any atom is -0.493 e. The quantitative estimate of drug-likeness (QED) is 0.799. The zero-order valence-corrected chi connectivity index (χ0v) is 14.5. The van der Waals surface area contributed by atoms with Gasteiger partial charge in [0, 0.05) is 12.1 Å². The summed E-state index contributed by atoms with van der Waals surface area (Å²) in [6, 6.07) is 3.24. The highest BCUT2D eigenvalue weighted by molar-refractivity contribution is 6.12. The molecule has 0 aliphatic carbocycles. The Bertz CT molecular complexity index is 849. The number of ketones is 1. The molecule has 2 aromatic rings. The number of hydrogen-bond donors (Lipinski definition) is 0. The van der Waals surface area contributed by atoms with Crippen LogP contribution in [-0.2, 0) is 6.42 Å². The van der Waals surface area contributed by atoms with Crippen molar-refractivity contribution < 1.29 is 18.7 Å². The lowest BCUT2D eigenvalue weighted by Gasteiger charge is -2.29. The van der Waals surface area contributed by atoms with Gasteiger partial charge in [0.15, 0.2) is 11.4 Å². The smallest absolute Gasteiger partial charge is 0.336 e. The van der Waals surface area contributed by atoms with Gasteiger partial charge in [0.05, 0.1) is 17.9 Å². The van der Waals surface area contributed by atoms with E-state index in [1.807, 2.05) is 27.7 Å². The summed E-state index contributed by atoms with van der Waals surface area (Å²) in [4.78, 5) is 24.8. The fourth-order valence-corrected chi connectivity index (χ4v) is 3.17. The summed E-state index contributed by atoms with van der Waals surface area (Å²) in [6.07, 6.45) is 1.35. The maximum atomic E-state index is 12.8. The van der Waals surface area contributed by atoms with Gasteiger partial charge in [-0.15, -0.1) is 0 Å². The molecule has 1 aliphatic heterocycles. The van der Waals surface area contributed by atoms with Crippen molar-refractivity contribution in [3.8, 4) is 11.5 Å². The van der Waals surface area contributed by atoms with E-state index < -0.39 is 5.63 Å². The van der Waals surface area contributed by atoms with Gasteiger partial charge >= 0.3 is 5.63 Å². The molecule has 2 heterocycles. The Hall–Kier alpha value is -2.30. The van der Waals surface area contributed by atoms with Gasteiger partial charge in [-0.25, -0.2) is 4.79 Å². The molecule has 0 unspecified atom stereocenters. The molecule has 24 heavy (non-hydrogen) atoms.